The number of alkyl halides is 1. The number of hydrogen-bond acceptors (Lipinski definition) is 2. The summed E-state index contributed by atoms with van der Waals surface area (Å²) < 4.78 is 10.9. The second-order valence-electron chi connectivity index (χ2n) is 3.10. The molecule has 0 amide bonds. The zero-order chi connectivity index (χ0) is 8.16. The predicted octanol–water partition coefficient (Wildman–Crippen LogP) is 1.97. The van der Waals surface area contributed by atoms with E-state index in [1.165, 1.54) is 0 Å². The van der Waals surface area contributed by atoms with Gasteiger partial charge in [-0.1, -0.05) is 15.9 Å². The summed E-state index contributed by atoms with van der Waals surface area (Å²) in [5.41, 5.74) is 0.0754. The van der Waals surface area contributed by atoms with Crippen LogP contribution in [0.2, 0.25) is 0 Å². The van der Waals surface area contributed by atoms with Crippen LogP contribution in [0.1, 0.15) is 19.8 Å². The van der Waals surface area contributed by atoms with Crippen molar-refractivity contribution in [3.05, 3.63) is 0 Å². The van der Waals surface area contributed by atoms with Crippen LogP contribution in [0.25, 0.3) is 0 Å². The molecule has 0 aromatic heterocycles. The van der Waals surface area contributed by atoms with E-state index in [1.807, 2.05) is 0 Å². The minimum atomic E-state index is 0.0754. The molecule has 0 spiro atoms. The van der Waals surface area contributed by atoms with Gasteiger partial charge in [-0.2, -0.15) is 0 Å². The van der Waals surface area contributed by atoms with E-state index in [0.717, 1.165) is 38.0 Å². The Morgan fingerprint density at radius 3 is 2.64 bits per heavy atom. The van der Waals surface area contributed by atoms with E-state index in [1.54, 1.807) is 0 Å². The summed E-state index contributed by atoms with van der Waals surface area (Å²) in [5, 5.41) is 0.920. The van der Waals surface area contributed by atoms with Crippen LogP contribution in [0.15, 0.2) is 0 Å². The van der Waals surface area contributed by atoms with E-state index in [-0.39, 0.29) is 5.60 Å². The molecule has 0 aromatic rings. The Balaban J connectivity index is 2.25. The van der Waals surface area contributed by atoms with Gasteiger partial charge in [-0.05, 0) is 19.8 Å². The minimum Gasteiger partial charge on any atom is -0.381 e. The van der Waals surface area contributed by atoms with Crippen molar-refractivity contribution in [2.75, 3.05) is 25.2 Å². The number of ether oxygens (including phenoxy) is 2. The molecule has 0 bridgehead atoms. The Morgan fingerprint density at radius 1 is 1.45 bits per heavy atom. The summed E-state index contributed by atoms with van der Waals surface area (Å²) in [5.74, 6) is 0. The lowest BCUT2D eigenvalue weighted by molar-refractivity contribution is -0.0939. The third-order valence-corrected chi connectivity index (χ3v) is 2.40. The standard InChI is InChI=1S/C8H15BrO2/c1-8(11-7-4-9)2-5-10-6-3-8/h2-7H2,1H3. The first-order valence-electron chi connectivity index (χ1n) is 4.04. The van der Waals surface area contributed by atoms with E-state index in [9.17, 15) is 0 Å². The van der Waals surface area contributed by atoms with Gasteiger partial charge in [-0.15, -0.1) is 0 Å². The predicted molar refractivity (Wildman–Crippen MR) is 48.2 cm³/mol. The van der Waals surface area contributed by atoms with Gasteiger partial charge in [-0.3, -0.25) is 0 Å². The van der Waals surface area contributed by atoms with Crippen molar-refractivity contribution in [1.82, 2.24) is 0 Å². The van der Waals surface area contributed by atoms with Crippen LogP contribution in [-0.4, -0.2) is 30.8 Å². The molecule has 1 rings (SSSR count). The third kappa shape index (κ3) is 3.09. The first kappa shape index (κ1) is 9.49. The van der Waals surface area contributed by atoms with Crippen LogP contribution >= 0.6 is 15.9 Å². The summed E-state index contributed by atoms with van der Waals surface area (Å²) in [7, 11) is 0. The van der Waals surface area contributed by atoms with Crippen molar-refractivity contribution in [3.8, 4) is 0 Å². The second-order valence-corrected chi connectivity index (χ2v) is 3.89. The highest BCUT2D eigenvalue weighted by atomic mass is 79.9. The summed E-state index contributed by atoms with van der Waals surface area (Å²) in [6, 6.07) is 0. The molecule has 0 aliphatic carbocycles. The van der Waals surface area contributed by atoms with Gasteiger partial charge in [0.05, 0.1) is 12.2 Å². The maximum absolute atomic E-state index is 5.69. The highest BCUT2D eigenvalue weighted by Crippen LogP contribution is 2.23. The Kier molecular flexibility index (Phi) is 3.82. The molecule has 1 heterocycles. The van der Waals surface area contributed by atoms with Gasteiger partial charge in [0.15, 0.2) is 0 Å². The molecule has 0 unspecified atom stereocenters. The Morgan fingerprint density at radius 2 is 2.09 bits per heavy atom. The SMILES string of the molecule is CC1(OCCBr)CCOCC1. The fourth-order valence-electron chi connectivity index (χ4n) is 1.23. The molecule has 0 atom stereocenters. The van der Waals surface area contributed by atoms with E-state index in [2.05, 4.69) is 22.9 Å². The van der Waals surface area contributed by atoms with Crippen molar-refractivity contribution in [3.63, 3.8) is 0 Å². The van der Waals surface area contributed by atoms with Crippen LogP contribution in [0.3, 0.4) is 0 Å². The molecule has 0 aromatic carbocycles. The summed E-state index contributed by atoms with van der Waals surface area (Å²) in [6.07, 6.45) is 2.06. The topological polar surface area (TPSA) is 18.5 Å². The molecule has 1 fully saturated rings. The van der Waals surface area contributed by atoms with E-state index in [0.29, 0.717) is 0 Å². The van der Waals surface area contributed by atoms with Gasteiger partial charge in [0.1, 0.15) is 0 Å². The summed E-state index contributed by atoms with van der Waals surface area (Å²) >= 11 is 3.34. The highest BCUT2D eigenvalue weighted by molar-refractivity contribution is 9.09. The maximum Gasteiger partial charge on any atom is 0.0698 e. The summed E-state index contributed by atoms with van der Waals surface area (Å²) in [6.45, 7) is 4.66. The van der Waals surface area contributed by atoms with Crippen molar-refractivity contribution >= 4 is 15.9 Å². The Labute approximate surface area is 76.4 Å². The van der Waals surface area contributed by atoms with Crippen molar-refractivity contribution in [2.45, 2.75) is 25.4 Å². The van der Waals surface area contributed by atoms with Crippen LogP contribution < -0.4 is 0 Å². The van der Waals surface area contributed by atoms with Gasteiger partial charge >= 0.3 is 0 Å². The van der Waals surface area contributed by atoms with E-state index >= 15 is 0 Å². The van der Waals surface area contributed by atoms with Gasteiger partial charge in [0.2, 0.25) is 0 Å². The monoisotopic (exact) mass is 222 g/mol. The maximum atomic E-state index is 5.69. The molecular formula is C8H15BrO2. The van der Waals surface area contributed by atoms with Crippen LogP contribution in [-0.2, 0) is 9.47 Å². The molecule has 3 heteroatoms. The molecule has 0 N–H and O–H groups in total. The Bertz CT molecular complexity index is 111. The normalized spacial score (nSPS) is 23.5. The number of halogens is 1. The molecule has 0 saturated carbocycles. The number of rotatable bonds is 3. The quantitative estimate of drug-likeness (QED) is 0.681. The molecule has 1 aliphatic heterocycles. The fraction of sp³-hybridized carbons (Fsp3) is 1.00. The molecule has 1 saturated heterocycles. The highest BCUT2D eigenvalue weighted by Gasteiger charge is 2.27. The zero-order valence-electron chi connectivity index (χ0n) is 6.94. The molecular weight excluding hydrogens is 208 g/mol. The Hall–Kier alpha value is 0.400. The first-order chi connectivity index (χ1) is 5.27. The lowest BCUT2D eigenvalue weighted by Gasteiger charge is -2.33. The number of hydrogen-bond donors (Lipinski definition) is 0. The smallest absolute Gasteiger partial charge is 0.0698 e. The zero-order valence-corrected chi connectivity index (χ0v) is 8.52. The van der Waals surface area contributed by atoms with Gasteiger partial charge in [-0.25, -0.2) is 0 Å². The molecule has 11 heavy (non-hydrogen) atoms. The third-order valence-electron chi connectivity index (χ3n) is 2.08. The van der Waals surface area contributed by atoms with Gasteiger partial charge in [0, 0.05) is 18.5 Å². The fourth-order valence-corrected chi connectivity index (χ4v) is 1.39. The van der Waals surface area contributed by atoms with Gasteiger partial charge < -0.3 is 9.47 Å². The average molecular weight is 223 g/mol. The molecule has 2 nitrogen and oxygen atoms in total. The first-order valence-corrected chi connectivity index (χ1v) is 5.17. The van der Waals surface area contributed by atoms with Crippen LogP contribution in [0.4, 0.5) is 0 Å². The molecule has 0 radical (unpaired) electrons. The summed E-state index contributed by atoms with van der Waals surface area (Å²) in [4.78, 5) is 0. The second kappa shape index (κ2) is 4.43. The van der Waals surface area contributed by atoms with E-state index in [4.69, 9.17) is 9.47 Å². The molecule has 66 valence electrons. The van der Waals surface area contributed by atoms with Crippen LogP contribution in [0, 0.1) is 0 Å². The van der Waals surface area contributed by atoms with Crippen LogP contribution in [0.5, 0.6) is 0 Å². The van der Waals surface area contributed by atoms with Gasteiger partial charge in [0.25, 0.3) is 0 Å². The lowest BCUT2D eigenvalue weighted by atomic mass is 9.97. The largest absolute Gasteiger partial charge is 0.381 e. The van der Waals surface area contributed by atoms with Crippen molar-refractivity contribution in [1.29, 1.82) is 0 Å². The minimum absolute atomic E-state index is 0.0754. The average Bonchev–Trinajstić information content (AvgIpc) is 2.03. The van der Waals surface area contributed by atoms with Crippen molar-refractivity contribution < 1.29 is 9.47 Å². The van der Waals surface area contributed by atoms with Crippen molar-refractivity contribution in [2.24, 2.45) is 0 Å². The molecule has 1 aliphatic rings. The lowest BCUT2D eigenvalue weighted by Crippen LogP contribution is -2.36. The van der Waals surface area contributed by atoms with E-state index < -0.39 is 0 Å².